The Morgan fingerprint density at radius 1 is 1.21 bits per heavy atom. The second-order valence-corrected chi connectivity index (χ2v) is 7.75. The first-order valence-corrected chi connectivity index (χ1v) is 9.89. The molecule has 3 aromatic rings. The highest BCUT2D eigenvalue weighted by molar-refractivity contribution is 8.00. The van der Waals surface area contributed by atoms with Crippen molar-refractivity contribution < 1.29 is 4.79 Å². The van der Waals surface area contributed by atoms with Gasteiger partial charge in [-0.25, -0.2) is 0 Å². The minimum atomic E-state index is -0.119. The van der Waals surface area contributed by atoms with Crippen LogP contribution in [0.4, 0.5) is 0 Å². The SMILES string of the molecule is CCCn1c(=NC(=O)CSc2ccc(Cl)cc2)sc2ccccc21. The van der Waals surface area contributed by atoms with E-state index in [1.54, 1.807) is 11.3 Å². The summed E-state index contributed by atoms with van der Waals surface area (Å²) >= 11 is 8.91. The van der Waals surface area contributed by atoms with Crippen LogP contribution < -0.4 is 4.80 Å². The maximum absolute atomic E-state index is 12.3. The number of amides is 1. The normalized spacial score (nSPS) is 12.0. The van der Waals surface area contributed by atoms with Gasteiger partial charge in [-0.15, -0.1) is 11.8 Å². The molecule has 6 heteroatoms. The first-order chi connectivity index (χ1) is 11.7. The fourth-order valence-corrected chi connectivity index (χ4v) is 4.24. The molecule has 0 aliphatic carbocycles. The number of aryl methyl sites for hydroxylation is 1. The first-order valence-electron chi connectivity index (χ1n) is 7.71. The van der Waals surface area contributed by atoms with Crippen LogP contribution >= 0.6 is 34.7 Å². The molecule has 0 aliphatic heterocycles. The van der Waals surface area contributed by atoms with Gasteiger partial charge in [0.15, 0.2) is 4.80 Å². The van der Waals surface area contributed by atoms with Gasteiger partial charge in [-0.2, -0.15) is 4.99 Å². The molecule has 0 spiro atoms. The van der Waals surface area contributed by atoms with Crippen molar-refractivity contribution in [1.29, 1.82) is 0 Å². The quantitative estimate of drug-likeness (QED) is 0.588. The predicted octanol–water partition coefficient (Wildman–Crippen LogP) is 4.99. The van der Waals surface area contributed by atoms with Crippen molar-refractivity contribution >= 4 is 50.8 Å². The largest absolute Gasteiger partial charge is 0.316 e. The number of carbonyl (C=O) groups is 1. The third-order valence-electron chi connectivity index (χ3n) is 3.43. The lowest BCUT2D eigenvalue weighted by atomic mass is 10.3. The maximum Gasteiger partial charge on any atom is 0.258 e. The van der Waals surface area contributed by atoms with Crippen LogP contribution in [0.3, 0.4) is 0 Å². The number of para-hydroxylation sites is 1. The van der Waals surface area contributed by atoms with Crippen LogP contribution in [-0.4, -0.2) is 16.2 Å². The summed E-state index contributed by atoms with van der Waals surface area (Å²) in [5.41, 5.74) is 1.14. The third-order valence-corrected chi connectivity index (χ3v) is 5.74. The van der Waals surface area contributed by atoms with Crippen LogP contribution in [-0.2, 0) is 11.3 Å². The zero-order valence-electron chi connectivity index (χ0n) is 13.2. The van der Waals surface area contributed by atoms with E-state index in [9.17, 15) is 4.79 Å². The second kappa shape index (κ2) is 8.01. The highest BCUT2D eigenvalue weighted by Crippen LogP contribution is 2.21. The van der Waals surface area contributed by atoms with E-state index in [0.717, 1.165) is 32.9 Å². The Balaban J connectivity index is 1.82. The molecule has 0 radical (unpaired) electrons. The van der Waals surface area contributed by atoms with Crippen LogP contribution in [0.2, 0.25) is 5.02 Å². The fourth-order valence-electron chi connectivity index (χ4n) is 2.36. The van der Waals surface area contributed by atoms with E-state index in [0.29, 0.717) is 10.8 Å². The fraction of sp³-hybridized carbons (Fsp3) is 0.222. The van der Waals surface area contributed by atoms with Gasteiger partial charge in [0.1, 0.15) is 0 Å². The minimum absolute atomic E-state index is 0.119. The van der Waals surface area contributed by atoms with E-state index in [1.807, 2.05) is 36.4 Å². The third kappa shape index (κ3) is 4.09. The smallest absolute Gasteiger partial charge is 0.258 e. The van der Waals surface area contributed by atoms with E-state index in [4.69, 9.17) is 11.6 Å². The Kier molecular flexibility index (Phi) is 5.76. The van der Waals surface area contributed by atoms with Crippen molar-refractivity contribution in [2.45, 2.75) is 24.8 Å². The number of hydrogen-bond donors (Lipinski definition) is 0. The Morgan fingerprint density at radius 2 is 1.96 bits per heavy atom. The van der Waals surface area contributed by atoms with Crippen molar-refractivity contribution in [3.8, 4) is 0 Å². The highest BCUT2D eigenvalue weighted by atomic mass is 35.5. The van der Waals surface area contributed by atoms with Crippen LogP contribution in [0.1, 0.15) is 13.3 Å². The number of thioether (sulfide) groups is 1. The molecule has 0 atom stereocenters. The van der Waals surface area contributed by atoms with Crippen LogP contribution in [0.15, 0.2) is 58.4 Å². The number of rotatable bonds is 5. The molecule has 1 heterocycles. The number of aromatic nitrogens is 1. The van der Waals surface area contributed by atoms with Gasteiger partial charge in [0, 0.05) is 16.5 Å². The highest BCUT2D eigenvalue weighted by Gasteiger charge is 2.07. The van der Waals surface area contributed by atoms with Crippen molar-refractivity contribution in [1.82, 2.24) is 4.57 Å². The molecule has 0 saturated heterocycles. The molecule has 0 bridgehead atoms. The molecule has 1 aromatic heterocycles. The van der Waals surface area contributed by atoms with E-state index in [2.05, 4.69) is 28.6 Å². The summed E-state index contributed by atoms with van der Waals surface area (Å²) in [6, 6.07) is 15.7. The number of carbonyl (C=O) groups excluding carboxylic acids is 1. The number of fused-ring (bicyclic) bond motifs is 1. The summed E-state index contributed by atoms with van der Waals surface area (Å²) in [6.07, 6.45) is 1.00. The summed E-state index contributed by atoms with van der Waals surface area (Å²) in [4.78, 5) is 18.4. The lowest BCUT2D eigenvalue weighted by Crippen LogP contribution is -2.17. The average Bonchev–Trinajstić information content (AvgIpc) is 2.92. The van der Waals surface area contributed by atoms with Gasteiger partial charge in [-0.3, -0.25) is 4.79 Å². The van der Waals surface area contributed by atoms with Gasteiger partial charge >= 0.3 is 0 Å². The van der Waals surface area contributed by atoms with Crippen molar-refractivity contribution in [3.63, 3.8) is 0 Å². The molecule has 0 aliphatic rings. The van der Waals surface area contributed by atoms with Gasteiger partial charge in [0.25, 0.3) is 5.91 Å². The number of nitrogens with zero attached hydrogens (tertiary/aromatic N) is 2. The maximum atomic E-state index is 12.3. The molecular weight excluding hydrogens is 360 g/mol. The summed E-state index contributed by atoms with van der Waals surface area (Å²) in [6.45, 7) is 2.99. The molecule has 124 valence electrons. The number of hydrogen-bond acceptors (Lipinski definition) is 3. The van der Waals surface area contributed by atoms with E-state index < -0.39 is 0 Å². The molecule has 3 rings (SSSR count). The lowest BCUT2D eigenvalue weighted by Gasteiger charge is -2.02. The summed E-state index contributed by atoms with van der Waals surface area (Å²) < 4.78 is 3.29. The molecule has 0 N–H and O–H groups in total. The van der Waals surface area contributed by atoms with Gasteiger partial charge < -0.3 is 4.57 Å². The molecule has 24 heavy (non-hydrogen) atoms. The summed E-state index contributed by atoms with van der Waals surface area (Å²) in [7, 11) is 0. The zero-order chi connectivity index (χ0) is 16.9. The first kappa shape index (κ1) is 17.3. The summed E-state index contributed by atoms with van der Waals surface area (Å²) in [5, 5.41) is 0.696. The monoisotopic (exact) mass is 376 g/mol. The Bertz CT molecular complexity index is 913. The molecular formula is C18H17ClN2OS2. The Morgan fingerprint density at radius 3 is 2.71 bits per heavy atom. The van der Waals surface area contributed by atoms with Crippen LogP contribution in [0, 0.1) is 0 Å². The van der Waals surface area contributed by atoms with E-state index in [1.165, 1.54) is 11.8 Å². The standard InChI is InChI=1S/C18H17ClN2OS2/c1-2-11-21-15-5-3-4-6-16(15)24-18(21)20-17(22)12-23-14-9-7-13(19)8-10-14/h3-10H,2,11-12H2,1H3. The molecule has 3 nitrogen and oxygen atoms in total. The average molecular weight is 377 g/mol. The number of thiazole rings is 1. The van der Waals surface area contributed by atoms with Gasteiger partial charge in [0.05, 0.1) is 16.0 Å². The minimum Gasteiger partial charge on any atom is -0.316 e. The molecule has 1 amide bonds. The van der Waals surface area contributed by atoms with Gasteiger partial charge in [-0.1, -0.05) is 42.0 Å². The van der Waals surface area contributed by atoms with E-state index in [-0.39, 0.29) is 5.91 Å². The van der Waals surface area contributed by atoms with E-state index >= 15 is 0 Å². The molecule has 2 aromatic carbocycles. The lowest BCUT2D eigenvalue weighted by molar-refractivity contribution is -0.115. The number of benzene rings is 2. The number of halogens is 1. The van der Waals surface area contributed by atoms with Crippen LogP contribution in [0.25, 0.3) is 10.2 Å². The van der Waals surface area contributed by atoms with Gasteiger partial charge in [-0.05, 0) is 42.8 Å². The summed E-state index contributed by atoms with van der Waals surface area (Å²) in [5.74, 6) is 0.202. The molecule has 0 fully saturated rings. The predicted molar refractivity (Wildman–Crippen MR) is 103 cm³/mol. The van der Waals surface area contributed by atoms with Crippen molar-refractivity contribution in [2.75, 3.05) is 5.75 Å². The van der Waals surface area contributed by atoms with Gasteiger partial charge in [0.2, 0.25) is 0 Å². The second-order valence-electron chi connectivity index (χ2n) is 5.25. The van der Waals surface area contributed by atoms with Crippen molar-refractivity contribution in [2.24, 2.45) is 4.99 Å². The Labute approximate surface area is 154 Å². The van der Waals surface area contributed by atoms with Crippen molar-refractivity contribution in [3.05, 3.63) is 58.4 Å². The Hall–Kier alpha value is -1.56. The molecule has 0 unspecified atom stereocenters. The van der Waals surface area contributed by atoms with Crippen LogP contribution in [0.5, 0.6) is 0 Å². The topological polar surface area (TPSA) is 34.4 Å². The zero-order valence-corrected chi connectivity index (χ0v) is 15.6. The molecule has 0 saturated carbocycles.